The second kappa shape index (κ2) is 7.25. The van der Waals surface area contributed by atoms with Crippen molar-refractivity contribution in [3.8, 4) is 5.75 Å². The number of hydrogen-bond acceptors (Lipinski definition) is 7. The van der Waals surface area contributed by atoms with E-state index in [1.807, 2.05) is 6.07 Å². The van der Waals surface area contributed by atoms with E-state index in [4.69, 9.17) is 24.6 Å². The van der Waals surface area contributed by atoms with Gasteiger partial charge in [0.2, 0.25) is 0 Å². The average molecular weight is 422 g/mol. The summed E-state index contributed by atoms with van der Waals surface area (Å²) in [6.07, 6.45) is 0.841. The fraction of sp³-hybridized carbons (Fsp3) is 0.650. The Morgan fingerprint density at radius 1 is 1.36 bits per heavy atom. The molecule has 0 aliphatic carbocycles. The molecule has 2 aliphatic heterocycles. The molecular weight excluding hydrogens is 390 g/mol. The molecule has 0 radical (unpaired) electrons. The van der Waals surface area contributed by atoms with Crippen molar-refractivity contribution in [2.45, 2.75) is 63.5 Å². The Hall–Kier alpha value is -1.19. The molecule has 1 fully saturated rings. The molecule has 1 aromatic carbocycles. The molecule has 0 saturated carbocycles. The van der Waals surface area contributed by atoms with Gasteiger partial charge in [0.25, 0.3) is 0 Å². The number of hydrogen-bond donors (Lipinski definition) is 2. The number of thiazole rings is 1. The van der Waals surface area contributed by atoms with Crippen LogP contribution in [0.25, 0.3) is 10.2 Å². The number of nitrogens with two attached hydrogens (primary N) is 1. The number of nitrogens with one attached hydrogen (secondary N) is 1. The van der Waals surface area contributed by atoms with Gasteiger partial charge >= 0.3 is 0 Å². The second-order valence-corrected chi connectivity index (χ2v) is 15.1. The van der Waals surface area contributed by atoms with Gasteiger partial charge < -0.3 is 25.0 Å². The molecule has 0 amide bonds. The molecule has 3 heterocycles. The van der Waals surface area contributed by atoms with Gasteiger partial charge in [-0.25, -0.2) is 4.98 Å². The molecule has 0 unspecified atom stereocenters. The van der Waals surface area contributed by atoms with Crippen LogP contribution in [0.5, 0.6) is 5.75 Å². The lowest BCUT2D eigenvalue weighted by molar-refractivity contribution is 0.0565. The van der Waals surface area contributed by atoms with E-state index in [1.54, 1.807) is 11.3 Å². The zero-order valence-electron chi connectivity index (χ0n) is 17.4. The van der Waals surface area contributed by atoms with Crippen LogP contribution in [0.3, 0.4) is 0 Å². The highest BCUT2D eigenvalue weighted by Crippen LogP contribution is 2.38. The maximum absolute atomic E-state index is 6.50. The van der Waals surface area contributed by atoms with E-state index >= 15 is 0 Å². The highest BCUT2D eigenvalue weighted by atomic mass is 32.1. The van der Waals surface area contributed by atoms with E-state index in [-0.39, 0.29) is 23.2 Å². The maximum atomic E-state index is 6.50. The van der Waals surface area contributed by atoms with Gasteiger partial charge in [-0.05, 0) is 30.3 Å². The minimum absolute atomic E-state index is 0.0397. The standard InChI is InChI=1S/C20H31N3O3SSi/c1-20(2,3)28(4,5)26-11-15-17(21)13(10-25-15)22-19-23-18-12-8-9-24-14(12)6-7-16(18)27-19/h6-7,13,15,17H,8-11,21H2,1-5H3,(H,22,23)/t13-,15+,17-/m0/s1. The van der Waals surface area contributed by atoms with Gasteiger partial charge in [-0.2, -0.15) is 0 Å². The molecular formula is C20H31N3O3SSi. The van der Waals surface area contributed by atoms with E-state index in [2.05, 4.69) is 45.2 Å². The van der Waals surface area contributed by atoms with E-state index in [1.165, 1.54) is 10.3 Å². The zero-order valence-corrected chi connectivity index (χ0v) is 19.2. The first kappa shape index (κ1) is 20.1. The van der Waals surface area contributed by atoms with Crippen LogP contribution in [0.15, 0.2) is 12.1 Å². The second-order valence-electron chi connectivity index (χ2n) is 9.28. The number of rotatable bonds is 5. The molecule has 2 aliphatic rings. The van der Waals surface area contributed by atoms with E-state index in [9.17, 15) is 0 Å². The monoisotopic (exact) mass is 421 g/mol. The van der Waals surface area contributed by atoms with E-state index < -0.39 is 8.32 Å². The lowest BCUT2D eigenvalue weighted by Gasteiger charge is -2.37. The van der Waals surface area contributed by atoms with Gasteiger partial charge in [0.15, 0.2) is 13.4 Å². The smallest absolute Gasteiger partial charge is 0.192 e. The van der Waals surface area contributed by atoms with E-state index in [0.29, 0.717) is 13.2 Å². The summed E-state index contributed by atoms with van der Waals surface area (Å²) in [5.74, 6) is 0.966. The first-order valence-corrected chi connectivity index (χ1v) is 13.7. The van der Waals surface area contributed by atoms with Gasteiger partial charge in [0.05, 0.1) is 48.2 Å². The molecule has 4 rings (SSSR count). The molecule has 6 nitrogen and oxygen atoms in total. The summed E-state index contributed by atoms with van der Waals surface area (Å²) in [6, 6.07) is 4.05. The van der Waals surface area contributed by atoms with Crippen molar-refractivity contribution < 1.29 is 13.9 Å². The highest BCUT2D eigenvalue weighted by Gasteiger charge is 2.41. The third-order valence-electron chi connectivity index (χ3n) is 6.34. The summed E-state index contributed by atoms with van der Waals surface area (Å²) in [4.78, 5) is 4.82. The Balaban J connectivity index is 1.41. The number of nitrogens with zero attached hydrogens (tertiary/aromatic N) is 1. The van der Waals surface area contributed by atoms with Crippen LogP contribution < -0.4 is 15.8 Å². The normalized spacial score (nSPS) is 25.1. The topological polar surface area (TPSA) is 78.6 Å². The molecule has 28 heavy (non-hydrogen) atoms. The number of aromatic nitrogens is 1. The van der Waals surface area contributed by atoms with Gasteiger partial charge in [-0.3, -0.25) is 0 Å². The Morgan fingerprint density at radius 3 is 2.89 bits per heavy atom. The van der Waals surface area contributed by atoms with Gasteiger partial charge in [-0.15, -0.1) is 0 Å². The Bertz CT molecular complexity index is 864. The highest BCUT2D eigenvalue weighted by molar-refractivity contribution is 7.22. The SMILES string of the molecule is CC(C)(C)[Si](C)(C)OC[C@H]1OC[C@H](Nc2nc3c4c(ccc3s2)OCC4)[C@@H]1N. The molecule has 1 saturated heterocycles. The van der Waals surface area contributed by atoms with Crippen LogP contribution in [0.2, 0.25) is 18.1 Å². The lowest BCUT2D eigenvalue weighted by Crippen LogP contribution is -2.48. The predicted octanol–water partition coefficient (Wildman–Crippen LogP) is 3.76. The Kier molecular flexibility index (Phi) is 5.20. The first-order chi connectivity index (χ1) is 13.2. The van der Waals surface area contributed by atoms with Crippen molar-refractivity contribution >= 4 is 35.0 Å². The fourth-order valence-electron chi connectivity index (χ4n) is 3.40. The van der Waals surface area contributed by atoms with Crippen molar-refractivity contribution in [3.05, 3.63) is 17.7 Å². The van der Waals surface area contributed by atoms with Crippen LogP contribution >= 0.6 is 11.3 Å². The van der Waals surface area contributed by atoms with Crippen molar-refractivity contribution in [1.82, 2.24) is 4.98 Å². The van der Waals surface area contributed by atoms with Crippen LogP contribution in [0, 0.1) is 0 Å². The summed E-state index contributed by atoms with van der Waals surface area (Å²) in [5.41, 5.74) is 8.76. The van der Waals surface area contributed by atoms with Gasteiger partial charge in [-0.1, -0.05) is 32.1 Å². The summed E-state index contributed by atoms with van der Waals surface area (Å²) in [7, 11) is -1.81. The largest absolute Gasteiger partial charge is 0.493 e. The van der Waals surface area contributed by atoms with Gasteiger partial charge in [0, 0.05) is 12.0 Å². The quantitative estimate of drug-likeness (QED) is 0.716. The molecule has 1 aromatic heterocycles. The Morgan fingerprint density at radius 2 is 2.14 bits per heavy atom. The molecule has 3 N–H and O–H groups in total. The molecule has 2 aromatic rings. The van der Waals surface area contributed by atoms with Crippen LogP contribution in [-0.2, 0) is 15.6 Å². The summed E-state index contributed by atoms with van der Waals surface area (Å²) < 4.78 is 19.1. The minimum Gasteiger partial charge on any atom is -0.493 e. The van der Waals surface area contributed by atoms with Crippen molar-refractivity contribution in [2.75, 3.05) is 25.1 Å². The minimum atomic E-state index is -1.81. The summed E-state index contributed by atoms with van der Waals surface area (Å²) in [6.45, 7) is 13.1. The average Bonchev–Trinajstić information content (AvgIpc) is 3.31. The molecule has 3 atom stereocenters. The lowest BCUT2D eigenvalue weighted by atomic mass is 10.1. The maximum Gasteiger partial charge on any atom is 0.192 e. The molecule has 0 spiro atoms. The number of benzene rings is 1. The van der Waals surface area contributed by atoms with Crippen molar-refractivity contribution in [2.24, 2.45) is 5.73 Å². The summed E-state index contributed by atoms with van der Waals surface area (Å²) in [5, 5.41) is 4.57. The number of ether oxygens (including phenoxy) is 2. The molecule has 8 heteroatoms. The molecule has 0 bridgehead atoms. The zero-order chi connectivity index (χ0) is 20.1. The van der Waals surface area contributed by atoms with Crippen molar-refractivity contribution in [1.29, 1.82) is 0 Å². The first-order valence-electron chi connectivity index (χ1n) is 9.98. The fourth-order valence-corrected chi connectivity index (χ4v) is 5.37. The van der Waals surface area contributed by atoms with Crippen LogP contribution in [0.1, 0.15) is 26.3 Å². The number of anilines is 1. The third-order valence-corrected chi connectivity index (χ3v) is 11.8. The summed E-state index contributed by atoms with van der Waals surface area (Å²) >= 11 is 1.66. The Labute approximate surface area is 171 Å². The van der Waals surface area contributed by atoms with E-state index in [0.717, 1.165) is 29.4 Å². The van der Waals surface area contributed by atoms with Crippen LogP contribution in [-0.4, -0.2) is 51.3 Å². The van der Waals surface area contributed by atoms with Gasteiger partial charge in [0.1, 0.15) is 5.75 Å². The molecule has 154 valence electrons. The number of fused-ring (bicyclic) bond motifs is 3. The third kappa shape index (κ3) is 3.68. The predicted molar refractivity (Wildman–Crippen MR) is 117 cm³/mol. The van der Waals surface area contributed by atoms with Crippen molar-refractivity contribution in [3.63, 3.8) is 0 Å². The van der Waals surface area contributed by atoms with Crippen LogP contribution in [0.4, 0.5) is 5.13 Å².